The van der Waals surface area contributed by atoms with Crippen molar-refractivity contribution in [2.75, 3.05) is 19.7 Å². The third-order valence-electron chi connectivity index (χ3n) is 4.56. The van der Waals surface area contributed by atoms with Crippen LogP contribution < -0.4 is 4.74 Å². The average Bonchev–Trinajstić information content (AvgIpc) is 3.02. The first-order chi connectivity index (χ1) is 11.9. The van der Waals surface area contributed by atoms with Crippen molar-refractivity contribution >= 4 is 17.7 Å². The molecule has 1 N–H and O–H groups in total. The quantitative estimate of drug-likeness (QED) is 0.731. The van der Waals surface area contributed by atoms with Crippen molar-refractivity contribution in [3.63, 3.8) is 0 Å². The maximum Gasteiger partial charge on any atom is 0.311 e. The van der Waals surface area contributed by atoms with E-state index in [2.05, 4.69) is 0 Å². The number of ether oxygens (including phenoxy) is 1. The lowest BCUT2D eigenvalue weighted by Crippen LogP contribution is -2.34. The third-order valence-corrected chi connectivity index (χ3v) is 4.56. The zero-order chi connectivity index (χ0) is 18.4. The Morgan fingerprint density at radius 1 is 1.20 bits per heavy atom. The molecule has 6 heteroatoms. The van der Waals surface area contributed by atoms with Gasteiger partial charge in [-0.05, 0) is 44.0 Å². The van der Waals surface area contributed by atoms with Crippen LogP contribution in [0.25, 0.3) is 0 Å². The number of carboxylic acid groups (broad SMARTS) is 1. The van der Waals surface area contributed by atoms with Crippen molar-refractivity contribution in [2.45, 2.75) is 39.5 Å². The highest BCUT2D eigenvalue weighted by Crippen LogP contribution is 2.30. The van der Waals surface area contributed by atoms with Gasteiger partial charge in [0.2, 0.25) is 5.91 Å². The normalized spacial score (nSPS) is 19.7. The second-order valence-electron chi connectivity index (χ2n) is 6.73. The van der Waals surface area contributed by atoms with Gasteiger partial charge < -0.3 is 14.7 Å². The van der Waals surface area contributed by atoms with E-state index in [9.17, 15) is 19.5 Å². The molecular formula is C19H25NO5. The molecule has 0 bridgehead atoms. The van der Waals surface area contributed by atoms with Crippen LogP contribution in [0.15, 0.2) is 24.3 Å². The number of nitrogens with zero attached hydrogens (tertiary/aromatic N) is 1. The van der Waals surface area contributed by atoms with Gasteiger partial charge in [-0.2, -0.15) is 0 Å². The summed E-state index contributed by atoms with van der Waals surface area (Å²) < 4.78 is 5.47. The highest BCUT2D eigenvalue weighted by Gasteiger charge is 2.41. The molecule has 0 spiro atoms. The topological polar surface area (TPSA) is 83.9 Å². The van der Waals surface area contributed by atoms with E-state index in [4.69, 9.17) is 4.74 Å². The molecule has 0 radical (unpaired) electrons. The minimum atomic E-state index is -0.885. The number of hydrogen-bond donors (Lipinski definition) is 1. The van der Waals surface area contributed by atoms with Crippen molar-refractivity contribution in [1.29, 1.82) is 0 Å². The summed E-state index contributed by atoms with van der Waals surface area (Å²) in [5.74, 6) is -0.430. The summed E-state index contributed by atoms with van der Waals surface area (Å²) in [6.07, 6.45) is 1.58. The first-order valence-electron chi connectivity index (χ1n) is 8.63. The number of carbonyl (C=O) groups excluding carboxylic acids is 2. The lowest BCUT2D eigenvalue weighted by atomic mass is 9.90. The van der Waals surface area contributed by atoms with Gasteiger partial charge >= 0.3 is 5.97 Å². The minimum absolute atomic E-state index is 0.0998. The van der Waals surface area contributed by atoms with Crippen molar-refractivity contribution in [2.24, 2.45) is 5.41 Å². The average molecular weight is 347 g/mol. The van der Waals surface area contributed by atoms with E-state index in [1.807, 2.05) is 6.92 Å². The monoisotopic (exact) mass is 347 g/mol. The molecule has 1 aromatic carbocycles. The first-order valence-corrected chi connectivity index (χ1v) is 8.63. The maximum absolute atomic E-state index is 12.2. The lowest BCUT2D eigenvalue weighted by molar-refractivity contribution is -0.147. The molecule has 0 aliphatic carbocycles. The van der Waals surface area contributed by atoms with Crippen molar-refractivity contribution in [3.8, 4) is 5.75 Å². The molecule has 1 amide bonds. The molecule has 1 saturated heterocycles. The van der Waals surface area contributed by atoms with E-state index < -0.39 is 11.4 Å². The molecule has 1 aliphatic heterocycles. The van der Waals surface area contributed by atoms with Crippen LogP contribution in [0, 0.1) is 5.41 Å². The number of ketones is 1. The second-order valence-corrected chi connectivity index (χ2v) is 6.73. The van der Waals surface area contributed by atoms with Crippen LogP contribution in [0.5, 0.6) is 5.75 Å². The molecule has 6 nitrogen and oxygen atoms in total. The van der Waals surface area contributed by atoms with E-state index in [1.54, 1.807) is 36.1 Å². The van der Waals surface area contributed by atoms with Crippen LogP contribution in [0.1, 0.15) is 49.9 Å². The SMILES string of the molecule is CCCOc1ccc(C(=O)CCC(=O)N2CCC(C)(C(=O)O)C2)cc1. The summed E-state index contributed by atoms with van der Waals surface area (Å²) in [6.45, 7) is 4.94. The molecule has 1 heterocycles. The Labute approximate surface area is 147 Å². The number of carbonyl (C=O) groups is 3. The molecule has 1 unspecified atom stereocenters. The van der Waals surface area contributed by atoms with E-state index in [0.717, 1.165) is 12.2 Å². The number of likely N-dealkylation sites (tertiary alicyclic amines) is 1. The largest absolute Gasteiger partial charge is 0.494 e. The van der Waals surface area contributed by atoms with Gasteiger partial charge in [0.25, 0.3) is 0 Å². The van der Waals surface area contributed by atoms with Crippen molar-refractivity contribution in [1.82, 2.24) is 4.90 Å². The Morgan fingerprint density at radius 2 is 1.88 bits per heavy atom. The van der Waals surface area contributed by atoms with Gasteiger partial charge in [0.15, 0.2) is 5.78 Å². The van der Waals surface area contributed by atoms with Gasteiger partial charge in [-0.1, -0.05) is 6.92 Å². The molecule has 0 aromatic heterocycles. The molecule has 1 fully saturated rings. The molecule has 1 atom stereocenters. The number of Topliss-reactive ketones (excluding diaryl/α,β-unsaturated/α-hetero) is 1. The smallest absolute Gasteiger partial charge is 0.311 e. The molecule has 2 rings (SSSR count). The number of hydrogen-bond acceptors (Lipinski definition) is 4. The summed E-state index contributed by atoms with van der Waals surface area (Å²) in [5.41, 5.74) is -0.331. The molecule has 136 valence electrons. The standard InChI is InChI=1S/C19H25NO5/c1-3-12-25-15-6-4-14(5-7-15)16(21)8-9-17(22)20-11-10-19(2,13-20)18(23)24/h4-7H,3,8-13H2,1-2H3,(H,23,24). The predicted octanol–water partition coefficient (Wildman–Crippen LogP) is 2.76. The summed E-state index contributed by atoms with van der Waals surface area (Å²) in [7, 11) is 0. The third kappa shape index (κ3) is 4.81. The van der Waals surface area contributed by atoms with E-state index in [-0.39, 0.29) is 31.1 Å². The highest BCUT2D eigenvalue weighted by molar-refractivity contribution is 5.98. The number of aliphatic carboxylic acids is 1. The van der Waals surface area contributed by atoms with Gasteiger partial charge in [-0.25, -0.2) is 0 Å². The Balaban J connectivity index is 1.83. The minimum Gasteiger partial charge on any atom is -0.494 e. The number of benzene rings is 1. The Kier molecular flexibility index (Phi) is 6.17. The Hall–Kier alpha value is -2.37. The number of rotatable bonds is 8. The fraction of sp³-hybridized carbons (Fsp3) is 0.526. The molecule has 1 aliphatic rings. The molecule has 25 heavy (non-hydrogen) atoms. The maximum atomic E-state index is 12.2. The van der Waals surface area contributed by atoms with Gasteiger partial charge in [0.05, 0.1) is 12.0 Å². The van der Waals surface area contributed by atoms with Crippen LogP contribution in [-0.4, -0.2) is 47.4 Å². The molecule has 1 aromatic rings. The van der Waals surface area contributed by atoms with Gasteiger partial charge in [0, 0.05) is 31.5 Å². The van der Waals surface area contributed by atoms with E-state index >= 15 is 0 Å². The summed E-state index contributed by atoms with van der Waals surface area (Å²) >= 11 is 0. The fourth-order valence-electron chi connectivity index (χ4n) is 2.83. The van der Waals surface area contributed by atoms with Crippen LogP contribution in [-0.2, 0) is 9.59 Å². The number of carboxylic acids is 1. The summed E-state index contributed by atoms with van der Waals surface area (Å²) in [4.78, 5) is 37.2. The second kappa shape index (κ2) is 8.14. The van der Waals surface area contributed by atoms with Crippen LogP contribution in [0.4, 0.5) is 0 Å². The first kappa shape index (κ1) is 19.0. The summed E-state index contributed by atoms with van der Waals surface area (Å²) in [5, 5.41) is 9.21. The highest BCUT2D eigenvalue weighted by atomic mass is 16.5. The zero-order valence-electron chi connectivity index (χ0n) is 14.8. The van der Waals surface area contributed by atoms with E-state index in [0.29, 0.717) is 25.1 Å². The fourth-order valence-corrected chi connectivity index (χ4v) is 2.83. The molecule has 0 saturated carbocycles. The van der Waals surface area contributed by atoms with Gasteiger partial charge in [-0.15, -0.1) is 0 Å². The Morgan fingerprint density at radius 3 is 2.44 bits per heavy atom. The van der Waals surface area contributed by atoms with Gasteiger partial charge in [0.1, 0.15) is 5.75 Å². The van der Waals surface area contributed by atoms with Crippen molar-refractivity contribution < 1.29 is 24.2 Å². The zero-order valence-corrected chi connectivity index (χ0v) is 14.8. The van der Waals surface area contributed by atoms with E-state index in [1.165, 1.54) is 0 Å². The van der Waals surface area contributed by atoms with Gasteiger partial charge in [-0.3, -0.25) is 14.4 Å². The number of amides is 1. The Bertz CT molecular complexity index is 640. The van der Waals surface area contributed by atoms with Crippen LogP contribution >= 0.6 is 0 Å². The predicted molar refractivity (Wildman–Crippen MR) is 92.7 cm³/mol. The molecular weight excluding hydrogens is 322 g/mol. The lowest BCUT2D eigenvalue weighted by Gasteiger charge is -2.20. The van der Waals surface area contributed by atoms with Crippen molar-refractivity contribution in [3.05, 3.63) is 29.8 Å². The summed E-state index contributed by atoms with van der Waals surface area (Å²) in [6, 6.07) is 6.91. The van der Waals surface area contributed by atoms with Crippen LogP contribution in [0.3, 0.4) is 0 Å². The van der Waals surface area contributed by atoms with Crippen LogP contribution in [0.2, 0.25) is 0 Å².